The van der Waals surface area contributed by atoms with E-state index < -0.39 is 5.97 Å². The second-order valence-electron chi connectivity index (χ2n) is 6.25. The maximum Gasteiger partial charge on any atom is 0.348 e. The van der Waals surface area contributed by atoms with E-state index in [1.165, 1.54) is 18.0 Å². The smallest absolute Gasteiger partial charge is 0.348 e. The molecule has 0 aliphatic rings. The summed E-state index contributed by atoms with van der Waals surface area (Å²) >= 11 is 1.13. The third-order valence-electron chi connectivity index (χ3n) is 3.59. The van der Waals surface area contributed by atoms with Gasteiger partial charge in [0.1, 0.15) is 16.3 Å². The molecular weight excluding hydrogens is 358 g/mol. The van der Waals surface area contributed by atoms with Gasteiger partial charge in [-0.15, -0.1) is 11.3 Å². The fraction of sp³-hybridized carbons (Fsp3) is 0.529. The van der Waals surface area contributed by atoms with Gasteiger partial charge < -0.3 is 14.8 Å². The van der Waals surface area contributed by atoms with Crippen LogP contribution in [0.5, 0.6) is 0 Å². The van der Waals surface area contributed by atoms with E-state index in [2.05, 4.69) is 10.3 Å². The summed E-state index contributed by atoms with van der Waals surface area (Å²) in [5.41, 5.74) is 0.180. The lowest BCUT2D eigenvalue weighted by molar-refractivity contribution is -0.121. The first-order chi connectivity index (χ1) is 12.3. The highest BCUT2D eigenvalue weighted by atomic mass is 32.1. The van der Waals surface area contributed by atoms with Crippen LogP contribution in [0.4, 0.5) is 0 Å². The largest absolute Gasteiger partial charge is 0.461 e. The number of ether oxygens (including phenoxy) is 2. The highest BCUT2D eigenvalue weighted by Gasteiger charge is 2.21. The molecule has 0 atom stereocenters. The van der Waals surface area contributed by atoms with Gasteiger partial charge in [-0.05, 0) is 18.4 Å². The van der Waals surface area contributed by atoms with Crippen molar-refractivity contribution >= 4 is 33.4 Å². The molecule has 2 heterocycles. The van der Waals surface area contributed by atoms with Crippen molar-refractivity contribution in [2.24, 2.45) is 5.92 Å². The van der Waals surface area contributed by atoms with Gasteiger partial charge in [0.05, 0.1) is 24.9 Å². The van der Waals surface area contributed by atoms with Crippen molar-refractivity contribution in [3.63, 3.8) is 0 Å². The first kappa shape index (κ1) is 20.1. The molecule has 1 amide bonds. The summed E-state index contributed by atoms with van der Waals surface area (Å²) in [6, 6.07) is 0. The van der Waals surface area contributed by atoms with Crippen molar-refractivity contribution in [3.05, 3.63) is 27.1 Å². The molecule has 0 aliphatic carbocycles. The quantitative estimate of drug-likeness (QED) is 0.547. The number of rotatable bonds is 8. The van der Waals surface area contributed by atoms with Gasteiger partial charge in [-0.1, -0.05) is 13.8 Å². The number of esters is 1. The van der Waals surface area contributed by atoms with Crippen molar-refractivity contribution < 1.29 is 19.1 Å². The first-order valence-corrected chi connectivity index (χ1v) is 9.08. The minimum atomic E-state index is -0.456. The SMILES string of the molecule is COCCNC(=O)Cn1cnc2sc(C(=O)OCC(C)C)c(C)c2c1=O. The molecule has 0 unspecified atom stereocenters. The van der Waals surface area contributed by atoms with Gasteiger partial charge in [0, 0.05) is 13.7 Å². The zero-order valence-electron chi connectivity index (χ0n) is 15.3. The zero-order chi connectivity index (χ0) is 19.3. The summed E-state index contributed by atoms with van der Waals surface area (Å²) in [7, 11) is 1.54. The molecule has 0 aliphatic heterocycles. The topological polar surface area (TPSA) is 99.5 Å². The van der Waals surface area contributed by atoms with Crippen molar-refractivity contribution in [2.45, 2.75) is 27.3 Å². The molecule has 26 heavy (non-hydrogen) atoms. The number of nitrogens with one attached hydrogen (secondary N) is 1. The standard InChI is InChI=1S/C17H23N3O5S/c1-10(2)8-25-17(23)14-11(3)13-15(26-14)19-9-20(16(13)22)7-12(21)18-5-6-24-4/h9-10H,5-8H2,1-4H3,(H,18,21). The third-order valence-corrected chi connectivity index (χ3v) is 4.77. The fourth-order valence-electron chi connectivity index (χ4n) is 2.28. The van der Waals surface area contributed by atoms with E-state index in [4.69, 9.17) is 9.47 Å². The monoisotopic (exact) mass is 381 g/mol. The van der Waals surface area contributed by atoms with Crippen molar-refractivity contribution in [3.8, 4) is 0 Å². The lowest BCUT2D eigenvalue weighted by Crippen LogP contribution is -2.34. The Bertz CT molecular complexity index is 856. The number of carbonyl (C=O) groups is 2. The zero-order valence-corrected chi connectivity index (χ0v) is 16.1. The molecule has 8 nitrogen and oxygen atoms in total. The van der Waals surface area contributed by atoms with E-state index in [1.807, 2.05) is 13.8 Å². The molecule has 2 aromatic heterocycles. The predicted octanol–water partition coefficient (Wildman–Crippen LogP) is 1.34. The molecule has 0 bridgehead atoms. The molecule has 2 aromatic rings. The van der Waals surface area contributed by atoms with E-state index >= 15 is 0 Å². The Labute approximate surface area is 155 Å². The van der Waals surface area contributed by atoms with Crippen LogP contribution < -0.4 is 10.9 Å². The van der Waals surface area contributed by atoms with Crippen LogP contribution in [-0.2, 0) is 20.8 Å². The van der Waals surface area contributed by atoms with Crippen molar-refractivity contribution in [2.75, 3.05) is 26.9 Å². The summed E-state index contributed by atoms with van der Waals surface area (Å²) in [5, 5.41) is 3.00. The molecule has 1 N–H and O–H groups in total. The number of methoxy groups -OCH3 is 1. The van der Waals surface area contributed by atoms with E-state index in [1.54, 1.807) is 6.92 Å². The Morgan fingerprint density at radius 3 is 2.77 bits per heavy atom. The van der Waals surface area contributed by atoms with Crippen LogP contribution >= 0.6 is 11.3 Å². The molecule has 0 saturated heterocycles. The minimum absolute atomic E-state index is 0.145. The average molecular weight is 381 g/mol. The number of hydrogen-bond acceptors (Lipinski definition) is 7. The van der Waals surface area contributed by atoms with Crippen LogP contribution in [0.1, 0.15) is 29.1 Å². The Balaban J connectivity index is 2.25. The van der Waals surface area contributed by atoms with Gasteiger partial charge in [-0.2, -0.15) is 0 Å². The second kappa shape index (κ2) is 8.91. The lowest BCUT2D eigenvalue weighted by Gasteiger charge is -2.07. The molecule has 0 radical (unpaired) electrons. The molecule has 0 spiro atoms. The van der Waals surface area contributed by atoms with Gasteiger partial charge in [0.2, 0.25) is 5.91 Å². The first-order valence-electron chi connectivity index (χ1n) is 8.26. The fourth-order valence-corrected chi connectivity index (χ4v) is 3.31. The number of carbonyl (C=O) groups excluding carboxylic acids is 2. The van der Waals surface area contributed by atoms with Gasteiger partial charge in [0.25, 0.3) is 5.56 Å². The molecule has 9 heteroatoms. The Morgan fingerprint density at radius 1 is 1.38 bits per heavy atom. The number of fused-ring (bicyclic) bond motifs is 1. The molecule has 0 fully saturated rings. The van der Waals surface area contributed by atoms with E-state index in [0.29, 0.717) is 40.4 Å². The Morgan fingerprint density at radius 2 is 2.12 bits per heavy atom. The number of thiophene rings is 1. The van der Waals surface area contributed by atoms with E-state index in [-0.39, 0.29) is 23.9 Å². The maximum atomic E-state index is 12.7. The van der Waals surface area contributed by atoms with Gasteiger partial charge >= 0.3 is 5.97 Å². The van der Waals surface area contributed by atoms with Crippen LogP contribution in [0, 0.1) is 12.8 Å². The predicted molar refractivity (Wildman–Crippen MR) is 98.6 cm³/mol. The Kier molecular flexibility index (Phi) is 6.87. The van der Waals surface area contributed by atoms with Crippen LogP contribution in [0.3, 0.4) is 0 Å². The van der Waals surface area contributed by atoms with E-state index in [9.17, 15) is 14.4 Å². The molecule has 0 saturated carbocycles. The number of aromatic nitrogens is 2. The summed E-state index contributed by atoms with van der Waals surface area (Å²) in [5.74, 6) is -0.544. The lowest BCUT2D eigenvalue weighted by atomic mass is 10.2. The van der Waals surface area contributed by atoms with Crippen LogP contribution in [0.25, 0.3) is 10.2 Å². The number of amides is 1. The van der Waals surface area contributed by atoms with Gasteiger partial charge in [0.15, 0.2) is 0 Å². The second-order valence-corrected chi connectivity index (χ2v) is 7.25. The van der Waals surface area contributed by atoms with E-state index in [0.717, 1.165) is 11.3 Å². The number of hydrogen-bond donors (Lipinski definition) is 1. The van der Waals surface area contributed by atoms with Crippen molar-refractivity contribution in [1.82, 2.24) is 14.9 Å². The molecule has 0 aromatic carbocycles. The molecule has 142 valence electrons. The molecular formula is C17H23N3O5S. The van der Waals surface area contributed by atoms with Crippen LogP contribution in [0.2, 0.25) is 0 Å². The van der Waals surface area contributed by atoms with Crippen LogP contribution in [-0.4, -0.2) is 48.3 Å². The minimum Gasteiger partial charge on any atom is -0.461 e. The van der Waals surface area contributed by atoms with Crippen molar-refractivity contribution in [1.29, 1.82) is 0 Å². The summed E-state index contributed by atoms with van der Waals surface area (Å²) in [4.78, 5) is 41.9. The maximum absolute atomic E-state index is 12.7. The highest BCUT2D eigenvalue weighted by Crippen LogP contribution is 2.27. The summed E-state index contributed by atoms with van der Waals surface area (Å²) in [6.07, 6.45) is 1.32. The van der Waals surface area contributed by atoms with Gasteiger partial charge in [-0.3, -0.25) is 14.2 Å². The normalized spacial score (nSPS) is 11.1. The Hall–Kier alpha value is -2.26. The van der Waals surface area contributed by atoms with Crippen LogP contribution in [0.15, 0.2) is 11.1 Å². The van der Waals surface area contributed by atoms with Gasteiger partial charge in [-0.25, -0.2) is 9.78 Å². The average Bonchev–Trinajstić information content (AvgIpc) is 2.93. The summed E-state index contributed by atoms with van der Waals surface area (Å²) < 4.78 is 11.3. The third kappa shape index (κ3) is 4.67. The number of aryl methyl sites for hydroxylation is 1. The summed E-state index contributed by atoms with van der Waals surface area (Å²) in [6.45, 7) is 6.51. The highest BCUT2D eigenvalue weighted by molar-refractivity contribution is 7.20. The molecule has 2 rings (SSSR count). The number of nitrogens with zero attached hydrogens (tertiary/aromatic N) is 2.